The molecule has 2 aromatic heterocycles. The van der Waals surface area contributed by atoms with E-state index in [0.717, 1.165) is 32.4 Å². The summed E-state index contributed by atoms with van der Waals surface area (Å²) in [5.41, 5.74) is 3.89. The Hall–Kier alpha value is -2.68. The van der Waals surface area contributed by atoms with Crippen molar-refractivity contribution in [2.45, 2.75) is 22.9 Å². The van der Waals surface area contributed by atoms with Crippen LogP contribution in [-0.2, 0) is 11.2 Å². The molecule has 2 aromatic carbocycles. The number of carbonyl (C=O) groups is 1. The van der Waals surface area contributed by atoms with Gasteiger partial charge in [0.1, 0.15) is 5.25 Å². The Morgan fingerprint density at radius 1 is 1.19 bits per heavy atom. The SMILES string of the molecule is CCc1cccc2c(C(=O)C(Sc3nnc(NCCOC)s3)c3ccccc3)c[nH]c12. The normalized spacial score (nSPS) is 12.2. The van der Waals surface area contributed by atoms with Crippen LogP contribution >= 0.6 is 23.1 Å². The molecule has 4 rings (SSSR count). The molecule has 0 fully saturated rings. The maximum Gasteiger partial charge on any atom is 0.206 e. The molecular formula is C23H24N4O2S2. The lowest BCUT2D eigenvalue weighted by Gasteiger charge is -2.14. The second-order valence-corrected chi connectivity index (χ2v) is 9.29. The minimum atomic E-state index is -0.412. The molecule has 0 aliphatic heterocycles. The van der Waals surface area contributed by atoms with Crippen LogP contribution in [0.25, 0.3) is 10.9 Å². The average Bonchev–Trinajstić information content (AvgIpc) is 3.44. The second kappa shape index (κ2) is 10.1. The summed E-state index contributed by atoms with van der Waals surface area (Å²) >= 11 is 2.88. The smallest absolute Gasteiger partial charge is 0.206 e. The van der Waals surface area contributed by atoms with E-state index in [-0.39, 0.29) is 5.78 Å². The number of hydrogen-bond donors (Lipinski definition) is 2. The highest BCUT2D eigenvalue weighted by atomic mass is 32.2. The standard InChI is InChI=1S/C23H24N4O2S2/c1-3-15-10-7-11-17-18(14-25-19(15)17)20(28)21(16-8-5-4-6-9-16)30-23-27-26-22(31-23)24-12-13-29-2/h4-11,14,21,25H,3,12-13H2,1-2H3,(H,24,26). The molecule has 6 nitrogen and oxygen atoms in total. The van der Waals surface area contributed by atoms with Gasteiger partial charge in [-0.3, -0.25) is 4.79 Å². The van der Waals surface area contributed by atoms with Gasteiger partial charge >= 0.3 is 0 Å². The van der Waals surface area contributed by atoms with Crippen molar-refractivity contribution in [2.75, 3.05) is 25.6 Å². The number of hydrogen-bond acceptors (Lipinski definition) is 7. The molecule has 0 amide bonds. The summed E-state index contributed by atoms with van der Waals surface area (Å²) in [7, 11) is 1.66. The second-order valence-electron chi connectivity index (χ2n) is 6.96. The maximum atomic E-state index is 13.7. The molecular weight excluding hydrogens is 428 g/mol. The number of benzene rings is 2. The fourth-order valence-corrected chi connectivity index (χ4v) is 5.48. The first-order chi connectivity index (χ1) is 15.2. The lowest BCUT2D eigenvalue weighted by molar-refractivity contribution is 0.0991. The minimum Gasteiger partial charge on any atom is -0.383 e. The Morgan fingerprint density at radius 3 is 2.81 bits per heavy atom. The van der Waals surface area contributed by atoms with Crippen molar-refractivity contribution < 1.29 is 9.53 Å². The van der Waals surface area contributed by atoms with E-state index in [1.54, 1.807) is 7.11 Å². The summed E-state index contributed by atoms with van der Waals surface area (Å²) in [4.78, 5) is 17.0. The molecule has 0 saturated carbocycles. The third kappa shape index (κ3) is 4.81. The topological polar surface area (TPSA) is 79.9 Å². The summed E-state index contributed by atoms with van der Waals surface area (Å²) in [5, 5.41) is 12.9. The van der Waals surface area contributed by atoms with Crippen LogP contribution < -0.4 is 5.32 Å². The van der Waals surface area contributed by atoms with Crippen LogP contribution in [-0.4, -0.2) is 41.2 Å². The number of aryl methyl sites for hydroxylation is 1. The van der Waals surface area contributed by atoms with E-state index >= 15 is 0 Å². The van der Waals surface area contributed by atoms with Gasteiger partial charge in [0.2, 0.25) is 5.13 Å². The van der Waals surface area contributed by atoms with Crippen LogP contribution in [0.5, 0.6) is 0 Å². The lowest BCUT2D eigenvalue weighted by Crippen LogP contribution is -2.09. The number of ether oxygens (including phenoxy) is 1. The van der Waals surface area contributed by atoms with Crippen molar-refractivity contribution in [2.24, 2.45) is 0 Å². The minimum absolute atomic E-state index is 0.0554. The Balaban J connectivity index is 1.64. The van der Waals surface area contributed by atoms with Gasteiger partial charge in [-0.2, -0.15) is 0 Å². The summed E-state index contributed by atoms with van der Waals surface area (Å²) < 4.78 is 5.80. The highest BCUT2D eigenvalue weighted by molar-refractivity contribution is 8.02. The van der Waals surface area contributed by atoms with E-state index in [9.17, 15) is 4.79 Å². The maximum absolute atomic E-state index is 13.7. The Morgan fingerprint density at radius 2 is 2.03 bits per heavy atom. The first-order valence-corrected chi connectivity index (χ1v) is 11.8. The molecule has 160 valence electrons. The van der Waals surface area contributed by atoms with E-state index < -0.39 is 5.25 Å². The number of carbonyl (C=O) groups excluding carboxylic acids is 1. The number of methoxy groups -OCH3 is 1. The Kier molecular flexibility index (Phi) is 7.01. The number of anilines is 1. The molecule has 31 heavy (non-hydrogen) atoms. The number of aromatic nitrogens is 3. The number of Topliss-reactive ketones (excluding diaryl/α,β-unsaturated/α-hetero) is 1. The number of aromatic amines is 1. The predicted octanol–water partition coefficient (Wildman–Crippen LogP) is 5.36. The molecule has 0 aliphatic rings. The molecule has 8 heteroatoms. The van der Waals surface area contributed by atoms with Crippen LogP contribution in [0.2, 0.25) is 0 Å². The van der Waals surface area contributed by atoms with E-state index in [1.165, 1.54) is 28.7 Å². The van der Waals surface area contributed by atoms with E-state index in [4.69, 9.17) is 4.74 Å². The fourth-order valence-electron chi connectivity index (χ4n) is 3.45. The van der Waals surface area contributed by atoms with Crippen LogP contribution in [0, 0.1) is 0 Å². The largest absolute Gasteiger partial charge is 0.383 e. The van der Waals surface area contributed by atoms with Crippen LogP contribution in [0.15, 0.2) is 59.1 Å². The molecule has 4 aromatic rings. The molecule has 0 bridgehead atoms. The van der Waals surface area contributed by atoms with Gasteiger partial charge in [-0.25, -0.2) is 0 Å². The van der Waals surface area contributed by atoms with Crippen LogP contribution in [0.3, 0.4) is 0 Å². The number of fused-ring (bicyclic) bond motifs is 1. The van der Waals surface area contributed by atoms with Crippen molar-refractivity contribution in [1.82, 2.24) is 15.2 Å². The van der Waals surface area contributed by atoms with Gasteiger partial charge in [0.15, 0.2) is 10.1 Å². The summed E-state index contributed by atoms with van der Waals surface area (Å²) in [6.07, 6.45) is 2.74. The van der Waals surface area contributed by atoms with Gasteiger partial charge in [0, 0.05) is 36.3 Å². The molecule has 1 atom stereocenters. The molecule has 0 radical (unpaired) electrons. The molecule has 0 aliphatic carbocycles. The first-order valence-electron chi connectivity index (χ1n) is 10.1. The van der Waals surface area contributed by atoms with Crippen molar-refractivity contribution >= 4 is 44.9 Å². The number of rotatable bonds is 10. The number of ketones is 1. The number of nitrogens with one attached hydrogen (secondary N) is 2. The van der Waals surface area contributed by atoms with E-state index in [1.807, 2.05) is 48.7 Å². The van der Waals surface area contributed by atoms with Gasteiger partial charge in [-0.1, -0.05) is 78.6 Å². The first kappa shape index (κ1) is 21.5. The molecule has 2 heterocycles. The molecule has 0 spiro atoms. The predicted molar refractivity (Wildman–Crippen MR) is 127 cm³/mol. The van der Waals surface area contributed by atoms with Crippen molar-refractivity contribution in [3.8, 4) is 0 Å². The monoisotopic (exact) mass is 452 g/mol. The van der Waals surface area contributed by atoms with Gasteiger partial charge in [-0.05, 0) is 17.5 Å². The third-order valence-electron chi connectivity index (χ3n) is 5.00. The number of para-hydroxylation sites is 1. The highest BCUT2D eigenvalue weighted by Crippen LogP contribution is 2.41. The molecule has 0 saturated heterocycles. The molecule has 1 unspecified atom stereocenters. The number of thioether (sulfide) groups is 1. The third-order valence-corrected chi connectivity index (χ3v) is 7.22. The summed E-state index contributed by atoms with van der Waals surface area (Å²) in [6.45, 7) is 3.37. The van der Waals surface area contributed by atoms with Crippen molar-refractivity contribution in [1.29, 1.82) is 0 Å². The fraction of sp³-hybridized carbons (Fsp3) is 0.261. The Labute approximate surface area is 189 Å². The average molecular weight is 453 g/mol. The van der Waals surface area contributed by atoms with Gasteiger partial charge < -0.3 is 15.0 Å². The van der Waals surface area contributed by atoms with Crippen LogP contribution in [0.1, 0.15) is 33.7 Å². The number of H-pyrrole nitrogens is 1. The van der Waals surface area contributed by atoms with Gasteiger partial charge in [-0.15, -0.1) is 10.2 Å². The van der Waals surface area contributed by atoms with Crippen molar-refractivity contribution in [3.63, 3.8) is 0 Å². The number of nitrogens with zero attached hydrogens (tertiary/aromatic N) is 2. The zero-order valence-corrected chi connectivity index (χ0v) is 19.1. The van der Waals surface area contributed by atoms with Gasteiger partial charge in [0.25, 0.3) is 0 Å². The summed E-state index contributed by atoms with van der Waals surface area (Å²) in [6, 6.07) is 16.0. The summed E-state index contributed by atoms with van der Waals surface area (Å²) in [5.74, 6) is 0.0554. The Bertz CT molecular complexity index is 1160. The quantitative estimate of drug-likeness (QED) is 0.192. The van der Waals surface area contributed by atoms with Crippen LogP contribution in [0.4, 0.5) is 5.13 Å². The molecule has 2 N–H and O–H groups in total. The lowest BCUT2D eigenvalue weighted by atomic mass is 10.0. The zero-order chi connectivity index (χ0) is 21.6. The van der Waals surface area contributed by atoms with E-state index in [2.05, 4.69) is 33.5 Å². The van der Waals surface area contributed by atoms with Crippen molar-refractivity contribution in [3.05, 3.63) is 71.4 Å². The zero-order valence-electron chi connectivity index (χ0n) is 17.4. The van der Waals surface area contributed by atoms with Gasteiger partial charge in [0.05, 0.1) is 6.61 Å². The van der Waals surface area contributed by atoms with E-state index in [0.29, 0.717) is 18.7 Å². The highest BCUT2D eigenvalue weighted by Gasteiger charge is 2.27.